The van der Waals surface area contributed by atoms with Gasteiger partial charge in [0.15, 0.2) is 16.0 Å². The van der Waals surface area contributed by atoms with Crippen LogP contribution in [-0.2, 0) is 12.8 Å². The zero-order chi connectivity index (χ0) is 17.4. The molecule has 3 aromatic heterocycles. The smallest absolute Gasteiger partial charge is 0.198 e. The summed E-state index contributed by atoms with van der Waals surface area (Å²) in [6.45, 7) is 4.05. The summed E-state index contributed by atoms with van der Waals surface area (Å²) >= 11 is 11.2. The minimum absolute atomic E-state index is 0.784. The number of halogens is 1. The van der Waals surface area contributed by atoms with E-state index < -0.39 is 0 Å². The van der Waals surface area contributed by atoms with Gasteiger partial charge >= 0.3 is 0 Å². The van der Waals surface area contributed by atoms with Gasteiger partial charge in [0, 0.05) is 15.7 Å². The fourth-order valence-electron chi connectivity index (χ4n) is 3.15. The highest BCUT2D eigenvalue weighted by Gasteiger charge is 2.23. The van der Waals surface area contributed by atoms with E-state index in [2.05, 4.69) is 21.5 Å². The Bertz CT molecular complexity index is 956. The summed E-state index contributed by atoms with van der Waals surface area (Å²) in [7, 11) is 0. The van der Waals surface area contributed by atoms with Crippen molar-refractivity contribution in [1.29, 1.82) is 0 Å². The molecule has 0 bridgehead atoms. The van der Waals surface area contributed by atoms with Crippen LogP contribution in [0.3, 0.4) is 0 Å². The number of thioether (sulfide) groups is 2. The van der Waals surface area contributed by atoms with Crippen molar-refractivity contribution in [2.75, 3.05) is 11.5 Å². The molecule has 0 aliphatic heterocycles. The number of aryl methyl sites for hydroxylation is 2. The molecule has 0 saturated heterocycles. The molecular weight excluding hydrogens is 392 g/mol. The second kappa shape index (κ2) is 7.47. The van der Waals surface area contributed by atoms with E-state index in [-0.39, 0.29) is 0 Å². The quantitative estimate of drug-likeness (QED) is 0.406. The molecule has 3 heterocycles. The van der Waals surface area contributed by atoms with Gasteiger partial charge in [-0.05, 0) is 43.9 Å². The largest absolute Gasteiger partial charge is 0.247 e. The van der Waals surface area contributed by atoms with Gasteiger partial charge in [-0.3, -0.25) is 0 Å². The molecule has 1 aliphatic carbocycles. The molecule has 0 amide bonds. The Balaban J connectivity index is 1.89. The zero-order valence-electron chi connectivity index (χ0n) is 14.2. The van der Waals surface area contributed by atoms with Gasteiger partial charge < -0.3 is 0 Å². The first kappa shape index (κ1) is 17.6. The first-order valence-electron chi connectivity index (χ1n) is 8.46. The predicted molar refractivity (Wildman–Crippen MR) is 110 cm³/mol. The van der Waals surface area contributed by atoms with Crippen molar-refractivity contribution in [2.45, 2.75) is 49.8 Å². The molecule has 4 rings (SSSR count). The van der Waals surface area contributed by atoms with Crippen LogP contribution in [-0.4, -0.2) is 31.1 Å². The minimum atomic E-state index is 0.784. The minimum Gasteiger partial charge on any atom is -0.247 e. The van der Waals surface area contributed by atoms with E-state index in [1.165, 1.54) is 35.1 Å². The third-order valence-corrected chi connectivity index (χ3v) is 7.27. The summed E-state index contributed by atoms with van der Waals surface area (Å²) in [6, 6.07) is 0. The topological polar surface area (TPSA) is 43.1 Å². The van der Waals surface area contributed by atoms with Crippen LogP contribution in [0, 0.1) is 0 Å². The van der Waals surface area contributed by atoms with E-state index in [9.17, 15) is 0 Å². The highest BCUT2D eigenvalue weighted by Crippen LogP contribution is 2.39. The van der Waals surface area contributed by atoms with Crippen LogP contribution in [0.1, 0.15) is 37.1 Å². The summed E-state index contributed by atoms with van der Waals surface area (Å²) in [5.41, 5.74) is 2.42. The van der Waals surface area contributed by atoms with E-state index in [1.54, 1.807) is 23.5 Å². The van der Waals surface area contributed by atoms with Crippen LogP contribution < -0.4 is 0 Å². The molecule has 0 aromatic carbocycles. The molecule has 0 N–H and O–H groups in total. The molecule has 0 unspecified atom stereocenters. The van der Waals surface area contributed by atoms with Crippen LogP contribution in [0.4, 0.5) is 0 Å². The van der Waals surface area contributed by atoms with E-state index in [1.807, 2.05) is 24.3 Å². The van der Waals surface area contributed by atoms with E-state index in [0.717, 1.165) is 43.7 Å². The van der Waals surface area contributed by atoms with Crippen molar-refractivity contribution in [3.8, 4) is 0 Å². The average Bonchev–Trinajstić information content (AvgIpc) is 3.16. The van der Waals surface area contributed by atoms with Crippen molar-refractivity contribution >= 4 is 62.3 Å². The van der Waals surface area contributed by atoms with E-state index in [0.29, 0.717) is 0 Å². The summed E-state index contributed by atoms with van der Waals surface area (Å²) < 4.78 is 2.14. The lowest BCUT2D eigenvalue weighted by Gasteiger charge is -2.10. The van der Waals surface area contributed by atoms with Gasteiger partial charge in [-0.25, -0.2) is 9.38 Å². The van der Waals surface area contributed by atoms with Crippen molar-refractivity contribution in [2.24, 2.45) is 0 Å². The number of thiophene rings is 1. The number of rotatable bonds is 5. The molecule has 0 fully saturated rings. The van der Waals surface area contributed by atoms with Gasteiger partial charge in [0.2, 0.25) is 0 Å². The molecule has 0 radical (unpaired) electrons. The third kappa shape index (κ3) is 3.31. The zero-order valence-corrected chi connectivity index (χ0v) is 17.4. The average molecular weight is 411 g/mol. The third-order valence-electron chi connectivity index (χ3n) is 4.25. The lowest BCUT2D eigenvalue weighted by molar-refractivity contribution is 0.700. The maximum Gasteiger partial charge on any atom is 0.198 e. The first-order valence-corrected chi connectivity index (χ1v) is 11.6. The lowest BCUT2D eigenvalue weighted by atomic mass is 9.97. The van der Waals surface area contributed by atoms with Gasteiger partial charge in [0.1, 0.15) is 4.83 Å². The molecule has 0 atom stereocenters. The van der Waals surface area contributed by atoms with Gasteiger partial charge in [0.05, 0.1) is 5.39 Å². The Hall–Kier alpha value is -0.760. The first-order chi connectivity index (χ1) is 12.2. The Kier molecular flexibility index (Phi) is 5.27. The van der Waals surface area contributed by atoms with Gasteiger partial charge in [-0.15, -0.1) is 21.5 Å². The molecule has 0 saturated carbocycles. The summed E-state index contributed by atoms with van der Waals surface area (Å²) in [6.07, 6.45) is 6.85. The monoisotopic (exact) mass is 410 g/mol. The fraction of sp³-hybridized carbons (Fsp3) is 0.471. The maximum atomic E-state index is 5.95. The summed E-state index contributed by atoms with van der Waals surface area (Å²) in [5.74, 6) is 1.76. The number of allylic oxidation sites excluding steroid dienone is 1. The number of hydrogen-bond acceptors (Lipinski definition) is 6. The highest BCUT2D eigenvalue weighted by atomic mass is 35.5. The number of fused-ring (bicyclic) bond motifs is 5. The van der Waals surface area contributed by atoms with Crippen LogP contribution >= 0.6 is 46.5 Å². The molecule has 8 heteroatoms. The molecule has 25 heavy (non-hydrogen) atoms. The van der Waals surface area contributed by atoms with Crippen LogP contribution in [0.25, 0.3) is 15.9 Å². The maximum absolute atomic E-state index is 5.95. The molecular formula is C17H19ClN4S3. The Morgan fingerprint density at radius 2 is 2.08 bits per heavy atom. The molecule has 4 nitrogen and oxygen atoms in total. The number of nitrogens with zero attached hydrogens (tertiary/aromatic N) is 4. The predicted octanol–water partition coefficient (Wildman–Crippen LogP) is 5.56. The fourth-order valence-corrected chi connectivity index (χ4v) is 6.29. The SMILES string of the molecule is CCSc1nc2sc3c(c2c2nnc(SCC=C(C)Cl)n12)CCCC3. The Morgan fingerprint density at radius 3 is 2.88 bits per heavy atom. The van der Waals surface area contributed by atoms with Crippen LogP contribution in [0.5, 0.6) is 0 Å². The van der Waals surface area contributed by atoms with Crippen molar-refractivity contribution < 1.29 is 0 Å². The van der Waals surface area contributed by atoms with E-state index >= 15 is 0 Å². The molecule has 132 valence electrons. The molecule has 1 aliphatic rings. The van der Waals surface area contributed by atoms with Gasteiger partial charge in [-0.2, -0.15) is 0 Å². The lowest BCUT2D eigenvalue weighted by Crippen LogP contribution is -2.01. The van der Waals surface area contributed by atoms with E-state index in [4.69, 9.17) is 16.6 Å². The number of hydrogen-bond donors (Lipinski definition) is 0. The van der Waals surface area contributed by atoms with Gasteiger partial charge in [0.25, 0.3) is 0 Å². The highest BCUT2D eigenvalue weighted by molar-refractivity contribution is 7.99. The van der Waals surface area contributed by atoms with Crippen LogP contribution in [0.2, 0.25) is 0 Å². The Morgan fingerprint density at radius 1 is 1.24 bits per heavy atom. The second-order valence-electron chi connectivity index (χ2n) is 5.96. The standard InChI is InChI=1S/C17H19ClN4S3/c1-3-23-16-19-15-13(11-6-4-5-7-12(11)25-15)14-20-21-17(22(14)16)24-9-8-10(2)18/h8H,3-7,9H2,1-2H3. The normalized spacial score (nSPS) is 15.2. The van der Waals surface area contributed by atoms with Crippen molar-refractivity contribution in [1.82, 2.24) is 19.6 Å². The second-order valence-corrected chi connectivity index (χ2v) is 9.86. The van der Waals surface area contributed by atoms with Crippen LogP contribution in [0.15, 0.2) is 21.4 Å². The van der Waals surface area contributed by atoms with Gasteiger partial charge in [-0.1, -0.05) is 48.1 Å². The molecule has 0 spiro atoms. The summed E-state index contributed by atoms with van der Waals surface area (Å²) in [5, 5.41) is 12.9. The number of aromatic nitrogens is 4. The summed E-state index contributed by atoms with van der Waals surface area (Å²) in [4.78, 5) is 7.60. The van der Waals surface area contributed by atoms with Crippen molar-refractivity contribution in [3.05, 3.63) is 21.5 Å². The molecule has 3 aromatic rings. The van der Waals surface area contributed by atoms with Crippen molar-refractivity contribution in [3.63, 3.8) is 0 Å². The Labute approximate surface area is 164 Å².